The molecule has 1 saturated heterocycles. The molecule has 2 N–H and O–H groups in total. The highest BCUT2D eigenvalue weighted by molar-refractivity contribution is 9.10. The Balaban J connectivity index is 1.26. The summed E-state index contributed by atoms with van der Waals surface area (Å²) in [5.41, 5.74) is 1.50. The Bertz CT molecular complexity index is 1010. The average molecular weight is 456 g/mol. The van der Waals surface area contributed by atoms with Crippen LogP contribution in [0.15, 0.2) is 63.5 Å². The molecule has 0 radical (unpaired) electrons. The summed E-state index contributed by atoms with van der Waals surface area (Å²) < 4.78 is 6.61. The first-order valence-electron chi connectivity index (χ1n) is 9.64. The van der Waals surface area contributed by atoms with Crippen LogP contribution in [0, 0.1) is 0 Å². The van der Waals surface area contributed by atoms with Gasteiger partial charge in [0.2, 0.25) is 5.91 Å². The first kappa shape index (κ1) is 19.7. The molecule has 0 bridgehead atoms. The molecular formula is C22H22BrN3O3. The van der Waals surface area contributed by atoms with Gasteiger partial charge in [-0.05, 0) is 49.2 Å². The highest BCUT2D eigenvalue weighted by atomic mass is 79.9. The van der Waals surface area contributed by atoms with E-state index in [9.17, 15) is 9.59 Å². The molecule has 0 atom stereocenters. The lowest BCUT2D eigenvalue weighted by Gasteiger charge is -2.31. The molecule has 0 saturated carbocycles. The maximum Gasteiger partial charge on any atom is 0.287 e. The number of nitrogens with one attached hydrogen (secondary N) is 2. The number of carbonyl (C=O) groups excluding carboxylic acids is 2. The number of anilines is 1. The molecule has 0 unspecified atom stereocenters. The van der Waals surface area contributed by atoms with Crippen molar-refractivity contribution < 1.29 is 14.0 Å². The van der Waals surface area contributed by atoms with E-state index in [0.29, 0.717) is 17.9 Å². The third-order valence-electron chi connectivity index (χ3n) is 5.05. The van der Waals surface area contributed by atoms with Crippen molar-refractivity contribution in [2.45, 2.75) is 18.9 Å². The third-order valence-corrected chi connectivity index (χ3v) is 5.54. The average Bonchev–Trinajstić information content (AvgIpc) is 3.13. The molecule has 3 aromatic rings. The van der Waals surface area contributed by atoms with Crippen molar-refractivity contribution in [3.63, 3.8) is 0 Å². The summed E-state index contributed by atoms with van der Waals surface area (Å²) in [5.74, 6) is 0.104. The number of rotatable bonds is 5. The molecule has 1 aromatic heterocycles. The zero-order valence-electron chi connectivity index (χ0n) is 15.9. The molecule has 2 aromatic carbocycles. The Morgan fingerprint density at radius 3 is 2.59 bits per heavy atom. The molecule has 1 fully saturated rings. The van der Waals surface area contributed by atoms with E-state index in [4.69, 9.17) is 4.42 Å². The molecule has 0 aliphatic carbocycles. The van der Waals surface area contributed by atoms with Crippen LogP contribution < -0.4 is 10.6 Å². The predicted molar refractivity (Wildman–Crippen MR) is 116 cm³/mol. The Morgan fingerprint density at radius 1 is 1.07 bits per heavy atom. The van der Waals surface area contributed by atoms with Gasteiger partial charge in [0.25, 0.3) is 5.91 Å². The number of hydrogen-bond donors (Lipinski definition) is 2. The summed E-state index contributed by atoms with van der Waals surface area (Å²) in [4.78, 5) is 26.8. The van der Waals surface area contributed by atoms with Crippen molar-refractivity contribution in [3.8, 4) is 0 Å². The fraction of sp³-hybridized carbons (Fsp3) is 0.273. The number of halogens is 1. The van der Waals surface area contributed by atoms with E-state index in [-0.39, 0.29) is 17.9 Å². The maximum absolute atomic E-state index is 12.5. The molecule has 29 heavy (non-hydrogen) atoms. The van der Waals surface area contributed by atoms with Crippen LogP contribution in [0.5, 0.6) is 0 Å². The number of carbonyl (C=O) groups is 2. The van der Waals surface area contributed by atoms with Crippen LogP contribution in [-0.4, -0.2) is 42.4 Å². The van der Waals surface area contributed by atoms with E-state index < -0.39 is 0 Å². The van der Waals surface area contributed by atoms with Gasteiger partial charge >= 0.3 is 0 Å². The van der Waals surface area contributed by atoms with Gasteiger partial charge in [0.15, 0.2) is 5.76 Å². The largest absolute Gasteiger partial charge is 0.451 e. The topological polar surface area (TPSA) is 74.6 Å². The number of para-hydroxylation sites is 1. The summed E-state index contributed by atoms with van der Waals surface area (Å²) in [5, 5.41) is 6.85. The minimum atomic E-state index is -0.197. The molecule has 6 nitrogen and oxygen atoms in total. The van der Waals surface area contributed by atoms with Crippen LogP contribution in [0.2, 0.25) is 0 Å². The lowest BCUT2D eigenvalue weighted by molar-refractivity contribution is -0.117. The van der Waals surface area contributed by atoms with Gasteiger partial charge in [0.05, 0.1) is 6.54 Å². The molecule has 1 aliphatic heterocycles. The van der Waals surface area contributed by atoms with E-state index in [1.165, 1.54) is 0 Å². The molecule has 1 aliphatic rings. The van der Waals surface area contributed by atoms with E-state index in [0.717, 1.165) is 41.5 Å². The van der Waals surface area contributed by atoms with Gasteiger partial charge in [-0.1, -0.05) is 34.1 Å². The van der Waals surface area contributed by atoms with Crippen molar-refractivity contribution in [2.24, 2.45) is 0 Å². The predicted octanol–water partition coefficient (Wildman–Crippen LogP) is 4.03. The molecule has 2 amide bonds. The number of furan rings is 1. The number of piperidine rings is 1. The van der Waals surface area contributed by atoms with Crippen LogP contribution in [0.3, 0.4) is 0 Å². The Hall–Kier alpha value is -2.64. The van der Waals surface area contributed by atoms with Gasteiger partial charge in [-0.25, -0.2) is 0 Å². The molecule has 0 spiro atoms. The van der Waals surface area contributed by atoms with Crippen LogP contribution in [-0.2, 0) is 4.79 Å². The lowest BCUT2D eigenvalue weighted by Crippen LogP contribution is -2.46. The normalized spacial score (nSPS) is 15.3. The summed E-state index contributed by atoms with van der Waals surface area (Å²) in [6.45, 7) is 1.88. The lowest BCUT2D eigenvalue weighted by atomic mass is 10.0. The number of likely N-dealkylation sites (tertiary alicyclic amines) is 1. The Morgan fingerprint density at radius 2 is 1.83 bits per heavy atom. The van der Waals surface area contributed by atoms with Crippen molar-refractivity contribution >= 4 is 44.4 Å². The van der Waals surface area contributed by atoms with Gasteiger partial charge in [-0.2, -0.15) is 0 Å². The second kappa shape index (κ2) is 8.80. The molecule has 7 heteroatoms. The highest BCUT2D eigenvalue weighted by Crippen LogP contribution is 2.23. The van der Waals surface area contributed by atoms with Gasteiger partial charge in [-0.15, -0.1) is 0 Å². The fourth-order valence-corrected chi connectivity index (χ4v) is 3.92. The number of hydrogen-bond acceptors (Lipinski definition) is 4. The van der Waals surface area contributed by atoms with Crippen molar-refractivity contribution in [1.82, 2.24) is 10.2 Å². The second-order valence-electron chi connectivity index (χ2n) is 7.23. The van der Waals surface area contributed by atoms with Crippen molar-refractivity contribution in [2.75, 3.05) is 25.0 Å². The van der Waals surface area contributed by atoms with Gasteiger partial charge in [-0.3, -0.25) is 14.5 Å². The minimum Gasteiger partial charge on any atom is -0.451 e. The van der Waals surface area contributed by atoms with E-state index in [2.05, 4.69) is 31.5 Å². The first-order chi connectivity index (χ1) is 14.1. The number of nitrogens with zero attached hydrogens (tertiary/aromatic N) is 1. The zero-order chi connectivity index (χ0) is 20.2. The van der Waals surface area contributed by atoms with Crippen molar-refractivity contribution in [1.29, 1.82) is 0 Å². The van der Waals surface area contributed by atoms with Crippen LogP contribution in [0.25, 0.3) is 11.0 Å². The molecule has 2 heterocycles. The van der Waals surface area contributed by atoms with Crippen LogP contribution in [0.4, 0.5) is 5.69 Å². The maximum atomic E-state index is 12.5. The highest BCUT2D eigenvalue weighted by Gasteiger charge is 2.23. The quantitative estimate of drug-likeness (QED) is 0.608. The monoisotopic (exact) mass is 455 g/mol. The number of benzene rings is 2. The van der Waals surface area contributed by atoms with Crippen LogP contribution >= 0.6 is 15.9 Å². The summed E-state index contributed by atoms with van der Waals surface area (Å²) in [6, 6.07) is 16.9. The second-order valence-corrected chi connectivity index (χ2v) is 8.15. The summed E-state index contributed by atoms with van der Waals surface area (Å²) in [7, 11) is 0. The molecule has 4 rings (SSSR count). The zero-order valence-corrected chi connectivity index (χ0v) is 17.4. The first-order valence-corrected chi connectivity index (χ1v) is 10.4. The van der Waals surface area contributed by atoms with Crippen molar-refractivity contribution in [3.05, 3.63) is 64.8 Å². The fourth-order valence-electron chi connectivity index (χ4n) is 3.54. The Labute approximate surface area is 177 Å². The molecular weight excluding hydrogens is 434 g/mol. The smallest absolute Gasteiger partial charge is 0.287 e. The summed E-state index contributed by atoms with van der Waals surface area (Å²) in [6.07, 6.45) is 1.60. The Kier molecular flexibility index (Phi) is 5.97. The number of amides is 2. The van der Waals surface area contributed by atoms with Gasteiger partial charge in [0.1, 0.15) is 5.58 Å². The number of fused-ring (bicyclic) bond motifs is 1. The van der Waals surface area contributed by atoms with E-state index in [1.54, 1.807) is 6.07 Å². The SMILES string of the molecule is O=C(CN1CCC(NC(=O)c2cc3cc(Br)ccc3o2)CC1)Nc1ccccc1. The van der Waals surface area contributed by atoms with Crippen LogP contribution in [0.1, 0.15) is 23.4 Å². The third kappa shape index (κ3) is 5.05. The van der Waals surface area contributed by atoms with Gasteiger partial charge < -0.3 is 15.1 Å². The standard InChI is InChI=1S/C22H22BrN3O3/c23-16-6-7-19-15(12-16)13-20(29-19)22(28)25-18-8-10-26(11-9-18)14-21(27)24-17-4-2-1-3-5-17/h1-7,12-13,18H,8-11,14H2,(H,24,27)(H,25,28). The van der Waals surface area contributed by atoms with E-state index >= 15 is 0 Å². The summed E-state index contributed by atoms with van der Waals surface area (Å²) >= 11 is 3.42. The van der Waals surface area contributed by atoms with E-state index in [1.807, 2.05) is 48.5 Å². The van der Waals surface area contributed by atoms with Gasteiger partial charge in [0, 0.05) is 34.7 Å². The minimum absolute atomic E-state index is 0.0212. The molecule has 150 valence electrons.